The highest BCUT2D eigenvalue weighted by atomic mass is 16.6. The number of hydrogen-bond acceptors (Lipinski definition) is 6. The fourth-order valence-corrected chi connectivity index (χ4v) is 5.73. The van der Waals surface area contributed by atoms with Gasteiger partial charge in [0.25, 0.3) is 0 Å². The molecule has 4 rings (SSSR count). The normalized spacial score (nSPS) is 38.6. The van der Waals surface area contributed by atoms with Crippen molar-refractivity contribution in [2.45, 2.75) is 78.0 Å². The molecule has 29 heavy (non-hydrogen) atoms. The number of carbonyl (C=O) groups excluding carboxylic acids is 1. The summed E-state index contributed by atoms with van der Waals surface area (Å²) in [6.07, 6.45) is 6.74. The van der Waals surface area contributed by atoms with E-state index in [2.05, 4.69) is 31.7 Å². The molecule has 0 aromatic heterocycles. The lowest BCUT2D eigenvalue weighted by atomic mass is 9.68. The molecule has 6 heteroatoms. The quantitative estimate of drug-likeness (QED) is 0.726. The van der Waals surface area contributed by atoms with Crippen molar-refractivity contribution in [2.24, 2.45) is 11.3 Å². The summed E-state index contributed by atoms with van der Waals surface area (Å²) >= 11 is 0. The zero-order valence-corrected chi connectivity index (χ0v) is 18.2. The summed E-state index contributed by atoms with van der Waals surface area (Å²) in [6.45, 7) is 9.12. The standard InChI is InChI=1S/C23H33NO5/c1-6-16(25)15-9-7-10-17-23(4)14(3)20(28-18(23)11-8-12-24(15)17)21-19(27-5)13(2)22(26)29-21/h11,14-17,25H,6-10,12H2,1-5H3/b21-20-/t14-,15-,16-,17+,23-/m1/s1. The summed E-state index contributed by atoms with van der Waals surface area (Å²) in [5.41, 5.74) is 0.231. The molecule has 0 aromatic carbocycles. The van der Waals surface area contributed by atoms with Crippen molar-refractivity contribution in [3.05, 3.63) is 34.7 Å². The van der Waals surface area contributed by atoms with Crippen LogP contribution in [0.1, 0.15) is 59.8 Å². The molecule has 6 nitrogen and oxygen atoms in total. The molecule has 0 bridgehead atoms. The molecule has 4 aliphatic rings. The van der Waals surface area contributed by atoms with Gasteiger partial charge >= 0.3 is 5.97 Å². The van der Waals surface area contributed by atoms with E-state index in [1.54, 1.807) is 14.0 Å². The number of cyclic esters (lactones) is 1. The highest BCUT2D eigenvalue weighted by molar-refractivity contribution is 5.93. The van der Waals surface area contributed by atoms with Crippen LogP contribution in [-0.4, -0.2) is 47.8 Å². The molecule has 5 atom stereocenters. The second kappa shape index (κ2) is 7.47. The molecule has 0 amide bonds. The first-order valence-electron chi connectivity index (χ1n) is 10.9. The molecular formula is C23H33NO5. The largest absolute Gasteiger partial charge is 0.492 e. The van der Waals surface area contributed by atoms with Crippen molar-refractivity contribution in [3.63, 3.8) is 0 Å². The summed E-state index contributed by atoms with van der Waals surface area (Å²) in [7, 11) is 1.56. The number of aliphatic hydroxyl groups excluding tert-OH is 1. The Hall–Kier alpha value is -1.79. The molecule has 160 valence electrons. The Morgan fingerprint density at radius 2 is 2.14 bits per heavy atom. The molecule has 2 fully saturated rings. The van der Waals surface area contributed by atoms with Crippen LogP contribution < -0.4 is 0 Å². The second-order valence-electron chi connectivity index (χ2n) is 8.93. The van der Waals surface area contributed by atoms with Gasteiger partial charge in [-0.15, -0.1) is 0 Å². The third-order valence-electron chi connectivity index (χ3n) is 7.59. The summed E-state index contributed by atoms with van der Waals surface area (Å²) in [6, 6.07) is 0.464. The number of rotatable bonds is 3. The number of fused-ring (bicyclic) bond motifs is 3. The minimum Gasteiger partial charge on any atom is -0.492 e. The SMILES string of the molecule is CC[C@@H](O)[C@H]1CCC[C@@H]2N1CCC=C1O/C(=C3\OC(=O)C(C)=C3OC)[C@@H](C)[C@@]12C. The number of piperidine rings is 1. The highest BCUT2D eigenvalue weighted by Gasteiger charge is 2.57. The van der Waals surface area contributed by atoms with Crippen molar-refractivity contribution in [2.75, 3.05) is 13.7 Å². The minimum absolute atomic E-state index is 0.0238. The van der Waals surface area contributed by atoms with Gasteiger partial charge in [0, 0.05) is 24.5 Å². The average molecular weight is 404 g/mol. The lowest BCUT2D eigenvalue weighted by Gasteiger charge is -2.50. The van der Waals surface area contributed by atoms with E-state index in [0.717, 1.165) is 44.4 Å². The molecule has 1 N–H and O–H groups in total. The Morgan fingerprint density at radius 1 is 1.38 bits per heavy atom. The van der Waals surface area contributed by atoms with E-state index in [4.69, 9.17) is 14.2 Å². The monoisotopic (exact) mass is 403 g/mol. The second-order valence-corrected chi connectivity index (χ2v) is 8.93. The number of allylic oxidation sites excluding steroid dienone is 1. The van der Waals surface area contributed by atoms with Gasteiger partial charge in [-0.2, -0.15) is 0 Å². The first-order valence-corrected chi connectivity index (χ1v) is 10.9. The molecule has 4 aliphatic heterocycles. The summed E-state index contributed by atoms with van der Waals surface area (Å²) in [4.78, 5) is 14.7. The molecule has 2 saturated heterocycles. The van der Waals surface area contributed by atoms with Crippen molar-refractivity contribution >= 4 is 5.97 Å². The maximum absolute atomic E-state index is 12.1. The zero-order chi connectivity index (χ0) is 20.9. The number of hydrogen-bond donors (Lipinski definition) is 1. The molecule has 0 radical (unpaired) electrons. The summed E-state index contributed by atoms with van der Waals surface area (Å²) < 4.78 is 17.4. The molecule has 0 spiro atoms. The van der Waals surface area contributed by atoms with Gasteiger partial charge < -0.3 is 19.3 Å². The average Bonchev–Trinajstić information content (AvgIpc) is 3.08. The Labute approximate surface area is 173 Å². The van der Waals surface area contributed by atoms with Gasteiger partial charge in [-0.1, -0.05) is 27.2 Å². The third kappa shape index (κ3) is 2.95. The fourth-order valence-electron chi connectivity index (χ4n) is 5.73. The Morgan fingerprint density at radius 3 is 2.83 bits per heavy atom. The molecule has 0 aliphatic carbocycles. The molecular weight excluding hydrogens is 370 g/mol. The lowest BCUT2D eigenvalue weighted by molar-refractivity contribution is -0.133. The van der Waals surface area contributed by atoms with Crippen LogP contribution in [0.25, 0.3) is 0 Å². The number of esters is 1. The van der Waals surface area contributed by atoms with Crippen molar-refractivity contribution in [1.82, 2.24) is 4.90 Å². The van der Waals surface area contributed by atoms with Crippen LogP contribution in [0.4, 0.5) is 0 Å². The van der Waals surface area contributed by atoms with Crippen LogP contribution in [0.3, 0.4) is 0 Å². The van der Waals surface area contributed by atoms with E-state index < -0.39 is 0 Å². The molecule has 0 saturated carbocycles. The van der Waals surface area contributed by atoms with Crippen LogP contribution in [0.5, 0.6) is 0 Å². The first-order chi connectivity index (χ1) is 13.8. The number of methoxy groups -OCH3 is 1. The van der Waals surface area contributed by atoms with E-state index in [1.807, 2.05) is 0 Å². The van der Waals surface area contributed by atoms with Gasteiger partial charge in [-0.3, -0.25) is 4.90 Å². The Kier molecular flexibility index (Phi) is 5.28. The van der Waals surface area contributed by atoms with Gasteiger partial charge in [-0.25, -0.2) is 4.79 Å². The topological polar surface area (TPSA) is 68.2 Å². The fraction of sp³-hybridized carbons (Fsp3) is 0.696. The van der Waals surface area contributed by atoms with E-state index in [9.17, 15) is 9.90 Å². The molecule has 0 aromatic rings. The van der Waals surface area contributed by atoms with Gasteiger partial charge in [0.05, 0.1) is 24.2 Å². The smallest absolute Gasteiger partial charge is 0.343 e. The third-order valence-corrected chi connectivity index (χ3v) is 7.59. The van der Waals surface area contributed by atoms with Crippen molar-refractivity contribution < 1.29 is 24.1 Å². The molecule has 0 unspecified atom stereocenters. The highest BCUT2D eigenvalue weighted by Crippen LogP contribution is 2.57. The van der Waals surface area contributed by atoms with E-state index in [-0.39, 0.29) is 35.5 Å². The minimum atomic E-state index is -0.378. The zero-order valence-electron chi connectivity index (χ0n) is 18.2. The Bertz CT molecular complexity index is 797. The summed E-state index contributed by atoms with van der Waals surface area (Å²) in [5, 5.41) is 10.7. The van der Waals surface area contributed by atoms with Crippen LogP contribution in [0, 0.1) is 11.3 Å². The predicted molar refractivity (Wildman–Crippen MR) is 108 cm³/mol. The predicted octanol–water partition coefficient (Wildman–Crippen LogP) is 3.63. The van der Waals surface area contributed by atoms with Crippen molar-refractivity contribution in [1.29, 1.82) is 0 Å². The van der Waals surface area contributed by atoms with E-state index in [0.29, 0.717) is 22.9 Å². The van der Waals surface area contributed by atoms with E-state index >= 15 is 0 Å². The van der Waals surface area contributed by atoms with Gasteiger partial charge in [0.1, 0.15) is 5.76 Å². The summed E-state index contributed by atoms with van der Waals surface area (Å²) in [5.74, 6) is 2.18. The van der Waals surface area contributed by atoms with E-state index in [1.165, 1.54) is 0 Å². The number of ether oxygens (including phenoxy) is 3. The number of carbonyl (C=O) groups is 1. The van der Waals surface area contributed by atoms with Crippen LogP contribution in [0.15, 0.2) is 34.7 Å². The Balaban J connectivity index is 1.76. The van der Waals surface area contributed by atoms with Crippen molar-refractivity contribution in [3.8, 4) is 0 Å². The van der Waals surface area contributed by atoms with Crippen LogP contribution >= 0.6 is 0 Å². The maximum Gasteiger partial charge on any atom is 0.343 e. The van der Waals surface area contributed by atoms with Gasteiger partial charge in [0.15, 0.2) is 11.5 Å². The van der Waals surface area contributed by atoms with Crippen LogP contribution in [0.2, 0.25) is 0 Å². The maximum atomic E-state index is 12.1. The van der Waals surface area contributed by atoms with Crippen LogP contribution in [-0.2, 0) is 19.0 Å². The lowest BCUT2D eigenvalue weighted by Crippen LogP contribution is -2.57. The van der Waals surface area contributed by atoms with Gasteiger partial charge in [-0.05, 0) is 38.7 Å². The molecule has 4 heterocycles. The first kappa shape index (κ1) is 20.5. The van der Waals surface area contributed by atoms with Gasteiger partial charge in [0.2, 0.25) is 5.76 Å². The number of nitrogens with zero attached hydrogens (tertiary/aromatic N) is 1. The number of aliphatic hydroxyl groups is 1.